The molecule has 0 radical (unpaired) electrons. The third-order valence-corrected chi connectivity index (χ3v) is 11.4. The Labute approximate surface area is 369 Å². The smallest absolute Gasteiger partial charge is 0.306 e. The Kier molecular flexibility index (Phi) is 35.4. The molecule has 2 unspecified atom stereocenters. The largest absolute Gasteiger partial charge is 0.462 e. The molecule has 0 bridgehead atoms. The summed E-state index contributed by atoms with van der Waals surface area (Å²) in [5.41, 5.74) is 0. The van der Waals surface area contributed by atoms with Gasteiger partial charge in [-0.15, -0.1) is 0 Å². The normalized spacial score (nSPS) is 20.4. The second-order valence-corrected chi connectivity index (χ2v) is 17.9. The molecule has 12 nitrogen and oxygen atoms in total. The molecule has 1 heterocycles. The van der Waals surface area contributed by atoms with Gasteiger partial charge in [-0.05, 0) is 70.6 Å². The first-order valence-corrected chi connectivity index (χ1v) is 25.3. The molecule has 61 heavy (non-hydrogen) atoms. The number of hydrogen-bond acceptors (Lipinski definition) is 11. The van der Waals surface area contributed by atoms with E-state index in [9.17, 15) is 37.9 Å². The molecule has 4 N–H and O–H groups in total. The van der Waals surface area contributed by atoms with Crippen molar-refractivity contribution < 1.29 is 56.8 Å². The number of unbranched alkanes of at least 4 members (excludes halogenated alkanes) is 19. The van der Waals surface area contributed by atoms with Crippen LogP contribution in [0.25, 0.3) is 0 Å². The summed E-state index contributed by atoms with van der Waals surface area (Å²) in [6, 6.07) is 0. The van der Waals surface area contributed by atoms with Gasteiger partial charge in [-0.2, -0.15) is 8.42 Å². The Balaban J connectivity index is 2.43. The van der Waals surface area contributed by atoms with E-state index in [1.165, 1.54) is 64.2 Å². The zero-order valence-corrected chi connectivity index (χ0v) is 38.6. The number of carbonyl (C=O) groups excluding carboxylic acids is 2. The minimum absolute atomic E-state index is 0.155. The molecule has 0 amide bonds. The molecule has 1 rings (SSSR count). The maximum absolute atomic E-state index is 12.8. The quantitative estimate of drug-likeness (QED) is 0.0198. The molecular formula is C48H84O12S. The van der Waals surface area contributed by atoms with Crippen molar-refractivity contribution in [3.63, 3.8) is 0 Å². The molecule has 0 aliphatic carbocycles. The molecule has 0 aromatic rings. The van der Waals surface area contributed by atoms with Gasteiger partial charge in [0, 0.05) is 12.8 Å². The number of ether oxygens (including phenoxy) is 4. The Morgan fingerprint density at radius 1 is 0.557 bits per heavy atom. The predicted octanol–water partition coefficient (Wildman–Crippen LogP) is 9.95. The Hall–Kier alpha value is -2.39. The van der Waals surface area contributed by atoms with Crippen molar-refractivity contribution in [1.29, 1.82) is 0 Å². The average molecular weight is 885 g/mol. The van der Waals surface area contributed by atoms with Crippen molar-refractivity contribution >= 4 is 22.1 Å². The lowest BCUT2D eigenvalue weighted by Gasteiger charge is -2.40. The van der Waals surface area contributed by atoms with Crippen molar-refractivity contribution in [3.8, 4) is 0 Å². The molecule has 1 fully saturated rings. The van der Waals surface area contributed by atoms with Crippen LogP contribution < -0.4 is 0 Å². The second-order valence-electron chi connectivity index (χ2n) is 16.4. The van der Waals surface area contributed by atoms with Gasteiger partial charge in [0.15, 0.2) is 12.4 Å². The first kappa shape index (κ1) is 56.6. The van der Waals surface area contributed by atoms with E-state index in [0.29, 0.717) is 12.8 Å². The van der Waals surface area contributed by atoms with E-state index in [1.807, 2.05) is 0 Å². The molecule has 0 aromatic heterocycles. The lowest BCUT2D eigenvalue weighted by Crippen LogP contribution is -2.60. The van der Waals surface area contributed by atoms with Crippen LogP contribution in [0, 0.1) is 0 Å². The molecule has 1 saturated heterocycles. The van der Waals surface area contributed by atoms with Gasteiger partial charge >= 0.3 is 11.9 Å². The van der Waals surface area contributed by atoms with Crippen LogP contribution in [0.5, 0.6) is 0 Å². The maximum atomic E-state index is 12.8. The van der Waals surface area contributed by atoms with Gasteiger partial charge in [-0.25, -0.2) is 0 Å². The molecule has 6 atom stereocenters. The van der Waals surface area contributed by atoms with Crippen LogP contribution in [0.4, 0.5) is 0 Å². The van der Waals surface area contributed by atoms with Gasteiger partial charge in [0.25, 0.3) is 10.1 Å². The lowest BCUT2D eigenvalue weighted by molar-refractivity contribution is -0.297. The highest BCUT2D eigenvalue weighted by Gasteiger charge is 2.46. The Morgan fingerprint density at radius 2 is 1.00 bits per heavy atom. The number of aliphatic hydroxyl groups is 3. The molecule has 13 heteroatoms. The number of carbonyl (C=O) groups is 2. The van der Waals surface area contributed by atoms with Gasteiger partial charge < -0.3 is 34.3 Å². The average Bonchev–Trinajstić information content (AvgIpc) is 3.22. The van der Waals surface area contributed by atoms with Gasteiger partial charge in [-0.3, -0.25) is 14.1 Å². The van der Waals surface area contributed by atoms with E-state index in [4.69, 9.17) is 18.9 Å². The van der Waals surface area contributed by atoms with Crippen molar-refractivity contribution in [2.45, 2.75) is 224 Å². The second kappa shape index (κ2) is 38.1. The van der Waals surface area contributed by atoms with E-state index in [2.05, 4.69) is 62.5 Å². The monoisotopic (exact) mass is 885 g/mol. The minimum atomic E-state index is -4.61. The van der Waals surface area contributed by atoms with Crippen LogP contribution in [0.2, 0.25) is 0 Å². The summed E-state index contributed by atoms with van der Waals surface area (Å²) in [6.45, 7) is 3.68. The molecule has 1 aliphatic heterocycles. The maximum Gasteiger partial charge on any atom is 0.306 e. The van der Waals surface area contributed by atoms with Crippen molar-refractivity contribution in [3.05, 3.63) is 48.6 Å². The number of esters is 2. The summed E-state index contributed by atoms with van der Waals surface area (Å²) >= 11 is 0. The predicted molar refractivity (Wildman–Crippen MR) is 242 cm³/mol. The summed E-state index contributed by atoms with van der Waals surface area (Å²) in [5, 5.41) is 30.9. The van der Waals surface area contributed by atoms with Gasteiger partial charge in [0.1, 0.15) is 36.8 Å². The number of aliphatic hydroxyl groups excluding tert-OH is 3. The molecule has 354 valence electrons. The standard InChI is InChI=1S/C48H84O12S/c1-3-5-7-9-11-13-15-17-19-20-21-22-23-25-27-29-31-33-35-37-44(50)59-41(39-58-48-47(53)46(52)45(51)42(60-48)40-61(54,55)56)38-57-43(49)36-34-32-30-28-26-24-18-16-14-12-10-8-6-4-2/h10-13,16-19,41-42,45-48,51-53H,3-9,14-15,20-40H2,1-2H3,(H,54,55,56)/b12-10+,13-11+,18-16+,19-17+/t41-,42-,45-,46?,47?,48+/m1/s1. The fraction of sp³-hybridized carbons (Fsp3) is 0.792. The number of hydrogen-bond donors (Lipinski definition) is 4. The van der Waals surface area contributed by atoms with Gasteiger partial charge in [-0.1, -0.05) is 152 Å². The third kappa shape index (κ3) is 32.9. The molecule has 1 aliphatic rings. The number of allylic oxidation sites excluding steroid dienone is 8. The van der Waals surface area contributed by atoms with E-state index in [1.54, 1.807) is 0 Å². The van der Waals surface area contributed by atoms with Crippen molar-refractivity contribution in [2.24, 2.45) is 0 Å². The van der Waals surface area contributed by atoms with Crippen LogP contribution in [0.3, 0.4) is 0 Å². The zero-order valence-electron chi connectivity index (χ0n) is 37.8. The van der Waals surface area contributed by atoms with Crippen LogP contribution >= 0.6 is 0 Å². The van der Waals surface area contributed by atoms with E-state index < -0.39 is 71.2 Å². The number of rotatable bonds is 39. The van der Waals surface area contributed by atoms with E-state index in [0.717, 1.165) is 83.5 Å². The molecule has 0 aromatic carbocycles. The van der Waals surface area contributed by atoms with Gasteiger partial charge in [0.05, 0.1) is 6.61 Å². The highest BCUT2D eigenvalue weighted by molar-refractivity contribution is 7.85. The van der Waals surface area contributed by atoms with Gasteiger partial charge in [0.2, 0.25) is 0 Å². The van der Waals surface area contributed by atoms with Crippen LogP contribution in [-0.2, 0) is 38.7 Å². The highest BCUT2D eigenvalue weighted by atomic mass is 32.2. The fourth-order valence-electron chi connectivity index (χ4n) is 6.90. The zero-order chi connectivity index (χ0) is 44.8. The highest BCUT2D eigenvalue weighted by Crippen LogP contribution is 2.24. The molecule has 0 saturated carbocycles. The third-order valence-electron chi connectivity index (χ3n) is 10.6. The molecular weight excluding hydrogens is 801 g/mol. The molecule has 0 spiro atoms. The van der Waals surface area contributed by atoms with Crippen LogP contribution in [-0.4, -0.2) is 96.0 Å². The van der Waals surface area contributed by atoms with Crippen LogP contribution in [0.15, 0.2) is 48.6 Å². The van der Waals surface area contributed by atoms with Crippen molar-refractivity contribution in [2.75, 3.05) is 19.0 Å². The summed E-state index contributed by atoms with van der Waals surface area (Å²) in [7, 11) is -4.61. The van der Waals surface area contributed by atoms with Crippen LogP contribution in [0.1, 0.15) is 187 Å². The van der Waals surface area contributed by atoms with E-state index >= 15 is 0 Å². The minimum Gasteiger partial charge on any atom is -0.462 e. The van der Waals surface area contributed by atoms with E-state index in [-0.39, 0.29) is 19.4 Å². The summed E-state index contributed by atoms with van der Waals surface area (Å²) in [6.07, 6.45) is 35.7. The first-order valence-electron chi connectivity index (χ1n) is 23.7. The Bertz CT molecular complexity index is 1310. The summed E-state index contributed by atoms with van der Waals surface area (Å²) in [5.74, 6) is -2.01. The SMILES string of the molecule is CCCC/C=C/C/C=C/CCCCCCCC(=O)OC[C@H](CO[C@H]1O[C@H](CS(=O)(=O)O)[C@@H](O)C(O)C1O)OC(=O)CCCCCCCCCCC/C=C/C/C=C/CCCCC. The summed E-state index contributed by atoms with van der Waals surface area (Å²) in [4.78, 5) is 25.4. The summed E-state index contributed by atoms with van der Waals surface area (Å²) < 4.78 is 54.1. The lowest BCUT2D eigenvalue weighted by atomic mass is 10.00. The first-order chi connectivity index (χ1) is 29.5. The Morgan fingerprint density at radius 3 is 1.49 bits per heavy atom. The topological polar surface area (TPSA) is 186 Å². The fourth-order valence-corrected chi connectivity index (χ4v) is 7.59. The van der Waals surface area contributed by atoms with Crippen molar-refractivity contribution in [1.82, 2.24) is 0 Å².